The third-order valence-electron chi connectivity index (χ3n) is 2.34. The van der Waals surface area contributed by atoms with Gasteiger partial charge in [0.15, 0.2) is 11.1 Å². The maximum absolute atomic E-state index is 10.9. The van der Waals surface area contributed by atoms with Gasteiger partial charge >= 0.3 is 7.12 Å². The van der Waals surface area contributed by atoms with Crippen molar-refractivity contribution in [1.82, 2.24) is 0 Å². The first-order chi connectivity index (χ1) is 7.58. The summed E-state index contributed by atoms with van der Waals surface area (Å²) in [4.78, 5) is 0.324. The summed E-state index contributed by atoms with van der Waals surface area (Å²) in [6.07, 6.45) is 0. The van der Waals surface area contributed by atoms with Crippen molar-refractivity contribution in [1.29, 1.82) is 0 Å². The van der Waals surface area contributed by atoms with Gasteiger partial charge in [-0.3, -0.25) is 0 Å². The van der Waals surface area contributed by atoms with Crippen LogP contribution < -0.4 is 5.46 Å². The quantitative estimate of drug-likeness (QED) is 0.510. The maximum Gasteiger partial charge on any atom is 0.488 e. The van der Waals surface area contributed by atoms with Crippen molar-refractivity contribution in [3.8, 4) is 0 Å². The molecule has 0 spiro atoms. The van der Waals surface area contributed by atoms with Gasteiger partial charge in [-0.25, -0.2) is 4.21 Å². The van der Waals surface area contributed by atoms with Crippen molar-refractivity contribution < 1.29 is 18.8 Å². The molecule has 0 aromatic heterocycles. The summed E-state index contributed by atoms with van der Waals surface area (Å²) in [5.74, 6) is 0. The van der Waals surface area contributed by atoms with Gasteiger partial charge < -0.3 is 14.6 Å². The Bertz CT molecular complexity index is 556. The van der Waals surface area contributed by atoms with Crippen LogP contribution in [-0.2, 0) is 11.1 Å². The van der Waals surface area contributed by atoms with Crippen molar-refractivity contribution in [3.63, 3.8) is 0 Å². The molecule has 0 amide bonds. The number of rotatable bonds is 2. The summed E-state index contributed by atoms with van der Waals surface area (Å²) in [5, 5.41) is 19.6. The highest BCUT2D eigenvalue weighted by Gasteiger charge is 2.11. The molecule has 82 valence electrons. The van der Waals surface area contributed by atoms with Crippen molar-refractivity contribution in [2.24, 2.45) is 0 Å². The Morgan fingerprint density at radius 2 is 1.62 bits per heavy atom. The Morgan fingerprint density at radius 3 is 2.25 bits per heavy atom. The van der Waals surface area contributed by atoms with Crippen molar-refractivity contribution in [3.05, 3.63) is 36.4 Å². The Morgan fingerprint density at radius 1 is 1.00 bits per heavy atom. The monoisotopic (exact) mass is 236 g/mol. The summed E-state index contributed by atoms with van der Waals surface area (Å²) in [6, 6.07) is 9.68. The molecule has 3 N–H and O–H groups in total. The molecule has 0 aliphatic carbocycles. The highest BCUT2D eigenvalue weighted by molar-refractivity contribution is 7.79. The smallest absolute Gasteiger partial charge is 0.423 e. The summed E-state index contributed by atoms with van der Waals surface area (Å²) < 4.78 is 19.8. The number of hydrogen-bond acceptors (Lipinski definition) is 3. The van der Waals surface area contributed by atoms with Gasteiger partial charge in [-0.2, -0.15) is 0 Å². The molecule has 4 nitrogen and oxygen atoms in total. The number of hydrogen-bond donors (Lipinski definition) is 3. The van der Waals surface area contributed by atoms with Gasteiger partial charge in [0.2, 0.25) is 0 Å². The van der Waals surface area contributed by atoms with E-state index in [1.807, 2.05) is 0 Å². The summed E-state index contributed by atoms with van der Waals surface area (Å²) >= 11 is -2.00. The van der Waals surface area contributed by atoms with E-state index in [-0.39, 0.29) is 0 Å². The molecule has 16 heavy (non-hydrogen) atoms. The average molecular weight is 236 g/mol. The van der Waals surface area contributed by atoms with Gasteiger partial charge in [0.1, 0.15) is 0 Å². The van der Waals surface area contributed by atoms with E-state index in [2.05, 4.69) is 0 Å². The molecule has 2 rings (SSSR count). The van der Waals surface area contributed by atoms with E-state index in [0.717, 1.165) is 10.8 Å². The van der Waals surface area contributed by atoms with Crippen LogP contribution in [0.5, 0.6) is 0 Å². The van der Waals surface area contributed by atoms with Crippen molar-refractivity contribution >= 4 is 34.4 Å². The summed E-state index contributed by atoms with van der Waals surface area (Å²) in [6.45, 7) is 0. The van der Waals surface area contributed by atoms with Gasteiger partial charge in [-0.05, 0) is 28.4 Å². The Kier molecular flexibility index (Phi) is 3.07. The van der Waals surface area contributed by atoms with Crippen LogP contribution >= 0.6 is 0 Å². The van der Waals surface area contributed by atoms with Crippen molar-refractivity contribution in [2.45, 2.75) is 4.90 Å². The van der Waals surface area contributed by atoms with Crippen LogP contribution in [0, 0.1) is 0 Å². The van der Waals surface area contributed by atoms with Crippen LogP contribution in [0.15, 0.2) is 41.3 Å². The van der Waals surface area contributed by atoms with Gasteiger partial charge in [-0.15, -0.1) is 0 Å². The molecule has 1 atom stereocenters. The third-order valence-corrected chi connectivity index (χ3v) is 2.99. The van der Waals surface area contributed by atoms with Crippen LogP contribution in [0.3, 0.4) is 0 Å². The molecular weight excluding hydrogens is 227 g/mol. The molecule has 0 radical (unpaired) electrons. The Labute approximate surface area is 95.0 Å². The van der Waals surface area contributed by atoms with Crippen LogP contribution in [0.25, 0.3) is 10.8 Å². The van der Waals surface area contributed by atoms with Gasteiger partial charge in [-0.1, -0.05) is 24.3 Å². The molecule has 0 saturated carbocycles. The lowest BCUT2D eigenvalue weighted by Gasteiger charge is -2.03. The normalized spacial score (nSPS) is 12.7. The molecule has 0 saturated heterocycles. The zero-order valence-electron chi connectivity index (χ0n) is 8.20. The zero-order chi connectivity index (χ0) is 11.7. The van der Waals surface area contributed by atoms with E-state index in [0.29, 0.717) is 10.4 Å². The standard InChI is InChI=1S/C10H9BO4S/c12-11(13)9-3-1-8-6-10(16(14)15)4-2-7(8)5-9/h1-6,12-13H,(H,14,15). The largest absolute Gasteiger partial charge is 0.488 e. The predicted octanol–water partition coefficient (Wildman–Crippen LogP) is 0.100. The fraction of sp³-hybridized carbons (Fsp3) is 0. The molecule has 2 aromatic rings. The second kappa shape index (κ2) is 4.35. The first kappa shape index (κ1) is 11.3. The molecular formula is C10H9BO4S. The maximum atomic E-state index is 10.9. The minimum atomic E-state index is -2.00. The van der Waals surface area contributed by atoms with Crippen LogP contribution in [0.2, 0.25) is 0 Å². The molecule has 0 heterocycles. The summed E-state index contributed by atoms with van der Waals surface area (Å²) in [7, 11) is -1.50. The molecule has 0 aliphatic heterocycles. The lowest BCUT2D eigenvalue weighted by molar-refractivity contribution is 0.426. The van der Waals surface area contributed by atoms with E-state index in [9.17, 15) is 4.21 Å². The number of benzene rings is 2. The SMILES string of the molecule is O=S(O)c1ccc2cc(B(O)O)ccc2c1. The van der Waals surface area contributed by atoms with Gasteiger partial charge in [0, 0.05) is 0 Å². The van der Waals surface area contributed by atoms with Crippen LogP contribution in [0.4, 0.5) is 0 Å². The minimum Gasteiger partial charge on any atom is -0.423 e. The lowest BCUT2D eigenvalue weighted by Crippen LogP contribution is -2.29. The zero-order valence-corrected chi connectivity index (χ0v) is 9.02. The van der Waals surface area contributed by atoms with Crippen molar-refractivity contribution in [2.75, 3.05) is 0 Å². The van der Waals surface area contributed by atoms with E-state index >= 15 is 0 Å². The van der Waals surface area contributed by atoms with E-state index in [1.165, 1.54) is 6.07 Å². The lowest BCUT2D eigenvalue weighted by atomic mass is 9.79. The topological polar surface area (TPSA) is 77.8 Å². The van der Waals surface area contributed by atoms with Crippen LogP contribution in [-0.4, -0.2) is 25.9 Å². The van der Waals surface area contributed by atoms with E-state index in [1.54, 1.807) is 30.3 Å². The molecule has 0 fully saturated rings. The fourth-order valence-electron chi connectivity index (χ4n) is 1.51. The minimum absolute atomic E-state index is 0.324. The molecule has 1 unspecified atom stereocenters. The van der Waals surface area contributed by atoms with Gasteiger partial charge in [0.05, 0.1) is 4.90 Å². The fourth-order valence-corrected chi connectivity index (χ4v) is 1.92. The molecule has 0 bridgehead atoms. The molecule has 6 heteroatoms. The van der Waals surface area contributed by atoms with Crippen LogP contribution in [0.1, 0.15) is 0 Å². The molecule has 2 aromatic carbocycles. The highest BCUT2D eigenvalue weighted by atomic mass is 32.2. The molecule has 0 aliphatic rings. The third kappa shape index (κ3) is 2.15. The first-order valence-electron chi connectivity index (χ1n) is 4.58. The second-order valence-corrected chi connectivity index (χ2v) is 4.36. The second-order valence-electron chi connectivity index (χ2n) is 3.39. The Balaban J connectivity index is 2.57. The average Bonchev–Trinajstić information content (AvgIpc) is 2.27. The highest BCUT2D eigenvalue weighted by Crippen LogP contribution is 2.16. The van der Waals surface area contributed by atoms with E-state index < -0.39 is 18.2 Å². The Hall–Kier alpha value is -1.21. The predicted molar refractivity (Wildman–Crippen MR) is 62.8 cm³/mol. The summed E-state index contributed by atoms with van der Waals surface area (Å²) in [5.41, 5.74) is 0.394. The van der Waals surface area contributed by atoms with Gasteiger partial charge in [0.25, 0.3) is 0 Å². The van der Waals surface area contributed by atoms with E-state index in [4.69, 9.17) is 14.6 Å². The number of fused-ring (bicyclic) bond motifs is 1. The first-order valence-corrected chi connectivity index (χ1v) is 5.69.